The molecule has 0 fully saturated rings. The lowest BCUT2D eigenvalue weighted by molar-refractivity contribution is -0.135. The van der Waals surface area contributed by atoms with Gasteiger partial charge in [-0.1, -0.05) is 0 Å². The van der Waals surface area contributed by atoms with Crippen LogP contribution in [0.3, 0.4) is 0 Å². The zero-order chi connectivity index (χ0) is 27.4. The van der Waals surface area contributed by atoms with E-state index >= 15 is 0 Å². The second-order valence-corrected chi connectivity index (χ2v) is 7.52. The van der Waals surface area contributed by atoms with Crippen LogP contribution in [0, 0.1) is 0 Å². The number of carbonyl (C=O) groups is 6. The third-order valence-corrected chi connectivity index (χ3v) is 4.35. The number of ketones is 1. The summed E-state index contributed by atoms with van der Waals surface area (Å²) >= 11 is 0. The molecule has 12 nitrogen and oxygen atoms in total. The van der Waals surface area contributed by atoms with Gasteiger partial charge in [0.25, 0.3) is 0 Å². The number of hydrogen-bond acceptors (Lipinski definition) is 12. The highest BCUT2D eigenvalue weighted by atomic mass is 16.6. The van der Waals surface area contributed by atoms with Gasteiger partial charge in [0, 0.05) is 34.6 Å². The number of ether oxygens (including phenoxy) is 6. The molecule has 0 aromatic heterocycles. The van der Waals surface area contributed by atoms with Crippen LogP contribution in [0.2, 0.25) is 0 Å². The van der Waals surface area contributed by atoms with Gasteiger partial charge in [-0.2, -0.15) is 0 Å². The summed E-state index contributed by atoms with van der Waals surface area (Å²) < 4.78 is 31.1. The van der Waals surface area contributed by atoms with Crippen molar-refractivity contribution in [2.75, 3.05) is 0 Å². The van der Waals surface area contributed by atoms with Crippen molar-refractivity contribution in [2.45, 2.75) is 34.6 Å². The minimum Gasteiger partial charge on any atom is -0.448 e. The molecule has 37 heavy (non-hydrogen) atoms. The molecule has 0 saturated carbocycles. The molecule has 0 radical (unpaired) electrons. The molecular weight excluding hydrogens is 492 g/mol. The maximum atomic E-state index is 13.0. The fourth-order valence-corrected chi connectivity index (χ4v) is 3.22. The predicted octanol–water partition coefficient (Wildman–Crippen LogP) is 2.93. The fourth-order valence-electron chi connectivity index (χ4n) is 3.22. The van der Waals surface area contributed by atoms with Crippen molar-refractivity contribution in [1.82, 2.24) is 0 Å². The lowest BCUT2D eigenvalue weighted by atomic mass is 10.1. The number of carbonyl (C=O) groups excluding carboxylic acids is 6. The molecule has 2 aromatic carbocycles. The molecule has 0 unspecified atom stereocenters. The van der Waals surface area contributed by atoms with E-state index in [0.717, 1.165) is 34.6 Å². The Hall–Kier alpha value is -5.00. The number of fused-ring (bicyclic) bond motifs is 1. The highest BCUT2D eigenvalue weighted by molar-refractivity contribution is 6.15. The lowest BCUT2D eigenvalue weighted by Crippen LogP contribution is -2.11. The number of allylic oxidation sites excluding steroid dienone is 1. The molecule has 0 aliphatic carbocycles. The lowest BCUT2D eigenvalue weighted by Gasteiger charge is -2.14. The van der Waals surface area contributed by atoms with Gasteiger partial charge in [-0.25, -0.2) is 0 Å². The van der Waals surface area contributed by atoms with E-state index in [1.807, 2.05) is 0 Å². The van der Waals surface area contributed by atoms with Gasteiger partial charge in [-0.05, 0) is 35.9 Å². The number of benzene rings is 2. The largest absolute Gasteiger partial charge is 0.448 e. The van der Waals surface area contributed by atoms with E-state index in [0.29, 0.717) is 0 Å². The van der Waals surface area contributed by atoms with Crippen molar-refractivity contribution in [3.8, 4) is 34.5 Å². The van der Waals surface area contributed by atoms with Crippen LogP contribution in [-0.2, 0) is 24.0 Å². The molecule has 3 rings (SSSR count). The molecule has 0 N–H and O–H groups in total. The first kappa shape index (κ1) is 26.6. The zero-order valence-electron chi connectivity index (χ0n) is 20.3. The highest BCUT2D eigenvalue weighted by Crippen LogP contribution is 2.46. The van der Waals surface area contributed by atoms with Crippen LogP contribution in [0.4, 0.5) is 0 Å². The first-order chi connectivity index (χ1) is 17.3. The summed E-state index contributed by atoms with van der Waals surface area (Å²) in [6, 6.07) is 5.09. The Balaban J connectivity index is 2.13. The summed E-state index contributed by atoms with van der Waals surface area (Å²) in [6.07, 6.45) is 1.23. The van der Waals surface area contributed by atoms with Crippen molar-refractivity contribution in [3.05, 3.63) is 41.2 Å². The van der Waals surface area contributed by atoms with E-state index < -0.39 is 35.6 Å². The molecule has 1 aliphatic heterocycles. The Morgan fingerprint density at radius 3 is 1.59 bits per heavy atom. The fraction of sp³-hybridized carbons (Fsp3) is 0.200. The van der Waals surface area contributed by atoms with Crippen molar-refractivity contribution >= 4 is 41.7 Å². The summed E-state index contributed by atoms with van der Waals surface area (Å²) in [6.45, 7) is 5.56. The van der Waals surface area contributed by atoms with Gasteiger partial charge < -0.3 is 28.4 Å². The number of esters is 5. The number of hydrogen-bond donors (Lipinski definition) is 0. The normalized spacial score (nSPS) is 12.8. The molecular formula is C25H20O12. The summed E-state index contributed by atoms with van der Waals surface area (Å²) in [4.78, 5) is 70.9. The topological polar surface area (TPSA) is 158 Å². The Kier molecular flexibility index (Phi) is 7.71. The van der Waals surface area contributed by atoms with Crippen molar-refractivity contribution in [3.63, 3.8) is 0 Å². The third-order valence-electron chi connectivity index (χ3n) is 4.35. The van der Waals surface area contributed by atoms with Crippen molar-refractivity contribution < 1.29 is 57.2 Å². The quantitative estimate of drug-likeness (QED) is 0.317. The van der Waals surface area contributed by atoms with Crippen molar-refractivity contribution in [1.29, 1.82) is 0 Å². The Morgan fingerprint density at radius 2 is 1.11 bits per heavy atom. The monoisotopic (exact) mass is 512 g/mol. The minimum atomic E-state index is -0.778. The number of Topliss-reactive ketones (excluding diaryl/α,β-unsaturated/α-hetero) is 1. The van der Waals surface area contributed by atoms with Crippen LogP contribution in [0.15, 0.2) is 30.0 Å². The molecule has 0 amide bonds. The zero-order valence-corrected chi connectivity index (χ0v) is 20.3. The van der Waals surface area contributed by atoms with E-state index in [4.69, 9.17) is 28.4 Å². The average Bonchev–Trinajstić information content (AvgIpc) is 3.06. The maximum absolute atomic E-state index is 13.0. The van der Waals surface area contributed by atoms with Crippen LogP contribution < -0.4 is 28.4 Å². The van der Waals surface area contributed by atoms with Gasteiger partial charge in [0.2, 0.25) is 17.3 Å². The van der Waals surface area contributed by atoms with Gasteiger partial charge in [0.05, 0.1) is 5.56 Å². The van der Waals surface area contributed by atoms with Crippen LogP contribution in [0.1, 0.15) is 50.5 Å². The molecule has 2 aromatic rings. The van der Waals surface area contributed by atoms with Crippen LogP contribution in [0.25, 0.3) is 6.08 Å². The molecule has 0 spiro atoms. The molecule has 0 atom stereocenters. The first-order valence-corrected chi connectivity index (χ1v) is 10.6. The number of rotatable bonds is 6. The highest BCUT2D eigenvalue weighted by Gasteiger charge is 2.34. The second-order valence-electron chi connectivity index (χ2n) is 7.52. The molecule has 1 heterocycles. The van der Waals surface area contributed by atoms with Gasteiger partial charge in [-0.3, -0.25) is 28.8 Å². The van der Waals surface area contributed by atoms with Crippen LogP contribution in [0.5, 0.6) is 34.5 Å². The molecule has 0 bridgehead atoms. The average molecular weight is 512 g/mol. The Labute approximate surface area is 209 Å². The van der Waals surface area contributed by atoms with Crippen molar-refractivity contribution in [2.24, 2.45) is 0 Å². The Morgan fingerprint density at radius 1 is 0.649 bits per heavy atom. The van der Waals surface area contributed by atoms with Crippen LogP contribution in [-0.4, -0.2) is 35.6 Å². The van der Waals surface area contributed by atoms with E-state index in [2.05, 4.69) is 0 Å². The smallest absolute Gasteiger partial charge is 0.308 e. The molecule has 12 heteroatoms. The predicted molar refractivity (Wildman–Crippen MR) is 122 cm³/mol. The van der Waals surface area contributed by atoms with Gasteiger partial charge in [0.1, 0.15) is 0 Å². The summed E-state index contributed by atoms with van der Waals surface area (Å²) in [5.41, 5.74) is 0.157. The van der Waals surface area contributed by atoms with E-state index in [1.165, 1.54) is 30.3 Å². The van der Waals surface area contributed by atoms with Gasteiger partial charge in [0.15, 0.2) is 28.8 Å². The van der Waals surface area contributed by atoms with E-state index in [-0.39, 0.29) is 51.4 Å². The van der Waals surface area contributed by atoms with Gasteiger partial charge in [-0.15, -0.1) is 0 Å². The second kappa shape index (κ2) is 10.7. The standard InChI is InChI=1S/C25H20O12/c1-11(26)32-18-7-6-17-22(31)19(37-23(17)25(18)36-15(5)30)8-16-9-20(33-12(2)27)24(35-14(4)29)21(10-16)34-13(3)28/h6-10H,1-5H3/b19-8+. The van der Waals surface area contributed by atoms with E-state index in [1.54, 1.807) is 0 Å². The summed E-state index contributed by atoms with van der Waals surface area (Å²) in [7, 11) is 0. The molecule has 0 saturated heterocycles. The van der Waals surface area contributed by atoms with Crippen LogP contribution >= 0.6 is 0 Å². The molecule has 192 valence electrons. The van der Waals surface area contributed by atoms with E-state index in [9.17, 15) is 28.8 Å². The summed E-state index contributed by atoms with van der Waals surface area (Å²) in [5.74, 6) is -6.09. The Bertz CT molecular complexity index is 1350. The minimum absolute atomic E-state index is 0.00959. The third kappa shape index (κ3) is 6.36. The first-order valence-electron chi connectivity index (χ1n) is 10.6. The van der Waals surface area contributed by atoms with Gasteiger partial charge >= 0.3 is 29.8 Å². The maximum Gasteiger partial charge on any atom is 0.308 e. The SMILES string of the molecule is CC(=O)Oc1cc(/C=C2/Oc3c(ccc(OC(C)=O)c3OC(C)=O)C2=O)cc(OC(C)=O)c1OC(C)=O. The summed E-state index contributed by atoms with van der Waals surface area (Å²) in [5, 5.41) is 0. The molecule has 1 aliphatic rings.